The first-order valence-electron chi connectivity index (χ1n) is 7.23. The summed E-state index contributed by atoms with van der Waals surface area (Å²) >= 11 is 0. The summed E-state index contributed by atoms with van der Waals surface area (Å²) in [6, 6.07) is 13.1. The van der Waals surface area contributed by atoms with Crippen molar-refractivity contribution in [2.24, 2.45) is 5.92 Å². The van der Waals surface area contributed by atoms with Crippen LogP contribution in [-0.4, -0.2) is 23.3 Å². The molecular formula is C17H17N3O2. The van der Waals surface area contributed by atoms with Gasteiger partial charge >= 0.3 is 0 Å². The summed E-state index contributed by atoms with van der Waals surface area (Å²) in [5.41, 5.74) is 1.73. The van der Waals surface area contributed by atoms with Gasteiger partial charge in [0.2, 0.25) is 11.8 Å². The van der Waals surface area contributed by atoms with Gasteiger partial charge in [-0.1, -0.05) is 24.3 Å². The van der Waals surface area contributed by atoms with Gasteiger partial charge in [0.15, 0.2) is 0 Å². The second-order valence-electron chi connectivity index (χ2n) is 5.40. The number of para-hydroxylation sites is 1. The third-order valence-corrected chi connectivity index (χ3v) is 3.81. The Morgan fingerprint density at radius 3 is 2.73 bits per heavy atom. The Hall–Kier alpha value is -2.69. The molecule has 1 aliphatic heterocycles. The van der Waals surface area contributed by atoms with Crippen molar-refractivity contribution >= 4 is 23.3 Å². The average Bonchev–Trinajstić information content (AvgIpc) is 2.92. The highest BCUT2D eigenvalue weighted by atomic mass is 16.2. The van der Waals surface area contributed by atoms with Crippen LogP contribution in [0.25, 0.3) is 0 Å². The lowest BCUT2D eigenvalue weighted by molar-refractivity contribution is -0.122. The maximum atomic E-state index is 12.4. The Kier molecular flexibility index (Phi) is 3.87. The van der Waals surface area contributed by atoms with Crippen LogP contribution in [-0.2, 0) is 9.59 Å². The van der Waals surface area contributed by atoms with Crippen molar-refractivity contribution in [3.8, 4) is 0 Å². The van der Waals surface area contributed by atoms with Crippen molar-refractivity contribution < 1.29 is 9.59 Å². The second kappa shape index (κ2) is 5.97. The molecular weight excluding hydrogens is 278 g/mol. The Morgan fingerprint density at radius 1 is 1.23 bits per heavy atom. The van der Waals surface area contributed by atoms with Crippen LogP contribution in [0.4, 0.5) is 11.5 Å². The Labute approximate surface area is 129 Å². The van der Waals surface area contributed by atoms with Crippen molar-refractivity contribution in [1.29, 1.82) is 0 Å². The number of hydrogen-bond donors (Lipinski definition) is 1. The van der Waals surface area contributed by atoms with Crippen LogP contribution in [0, 0.1) is 12.8 Å². The number of benzene rings is 1. The Bertz CT molecular complexity index is 700. The molecule has 2 amide bonds. The predicted octanol–water partition coefficient (Wildman–Crippen LogP) is 2.38. The molecule has 1 aromatic heterocycles. The number of carbonyl (C=O) groups is 2. The van der Waals surface area contributed by atoms with E-state index < -0.39 is 0 Å². The fraction of sp³-hybridized carbons (Fsp3) is 0.235. The summed E-state index contributed by atoms with van der Waals surface area (Å²) < 4.78 is 0. The minimum atomic E-state index is -0.353. The summed E-state index contributed by atoms with van der Waals surface area (Å²) in [6.07, 6.45) is 1.87. The normalized spacial score (nSPS) is 17.6. The molecule has 2 aromatic rings. The zero-order chi connectivity index (χ0) is 15.5. The molecule has 1 fully saturated rings. The topological polar surface area (TPSA) is 62.3 Å². The molecule has 1 atom stereocenters. The molecule has 0 bridgehead atoms. The van der Waals surface area contributed by atoms with Crippen molar-refractivity contribution in [2.45, 2.75) is 13.3 Å². The van der Waals surface area contributed by atoms with Crippen LogP contribution in [0.2, 0.25) is 0 Å². The number of aryl methyl sites for hydroxylation is 1. The average molecular weight is 295 g/mol. The molecule has 0 saturated carbocycles. The molecule has 0 spiro atoms. The first-order chi connectivity index (χ1) is 10.6. The summed E-state index contributed by atoms with van der Waals surface area (Å²) in [5, 5.41) is 2.82. The quantitative estimate of drug-likeness (QED) is 0.945. The van der Waals surface area contributed by atoms with Gasteiger partial charge in [0, 0.05) is 24.8 Å². The van der Waals surface area contributed by atoms with Gasteiger partial charge in [-0.25, -0.2) is 4.98 Å². The lowest BCUT2D eigenvalue weighted by atomic mass is 10.1. The van der Waals surface area contributed by atoms with Gasteiger partial charge < -0.3 is 10.2 Å². The zero-order valence-electron chi connectivity index (χ0n) is 12.3. The summed E-state index contributed by atoms with van der Waals surface area (Å²) in [4.78, 5) is 30.3. The van der Waals surface area contributed by atoms with E-state index in [0.717, 1.165) is 11.3 Å². The molecule has 22 heavy (non-hydrogen) atoms. The van der Waals surface area contributed by atoms with Crippen LogP contribution in [0.3, 0.4) is 0 Å². The lowest BCUT2D eigenvalue weighted by Gasteiger charge is -2.16. The van der Waals surface area contributed by atoms with Gasteiger partial charge in [0.05, 0.1) is 5.92 Å². The van der Waals surface area contributed by atoms with E-state index in [1.165, 1.54) is 0 Å². The third kappa shape index (κ3) is 2.83. The van der Waals surface area contributed by atoms with Crippen molar-refractivity contribution in [2.75, 3.05) is 16.8 Å². The predicted molar refractivity (Wildman–Crippen MR) is 84.5 cm³/mol. The molecule has 0 aliphatic carbocycles. The SMILES string of the molecule is Cc1cccnc1NC(=O)C1CC(=O)N(c2ccccc2)C1. The highest BCUT2D eigenvalue weighted by molar-refractivity contribution is 6.03. The van der Waals surface area contributed by atoms with Gasteiger partial charge in [-0.3, -0.25) is 9.59 Å². The molecule has 1 aliphatic rings. The molecule has 2 heterocycles. The number of rotatable bonds is 3. The maximum absolute atomic E-state index is 12.4. The van der Waals surface area contributed by atoms with Crippen LogP contribution in [0.15, 0.2) is 48.7 Å². The van der Waals surface area contributed by atoms with Crippen LogP contribution in [0.1, 0.15) is 12.0 Å². The highest BCUT2D eigenvalue weighted by Gasteiger charge is 2.35. The monoisotopic (exact) mass is 295 g/mol. The maximum Gasteiger partial charge on any atom is 0.230 e. The van der Waals surface area contributed by atoms with Gasteiger partial charge in [-0.2, -0.15) is 0 Å². The molecule has 1 saturated heterocycles. The molecule has 1 N–H and O–H groups in total. The molecule has 0 radical (unpaired) electrons. The van der Waals surface area contributed by atoms with E-state index in [1.807, 2.05) is 49.4 Å². The second-order valence-corrected chi connectivity index (χ2v) is 5.40. The number of amides is 2. The largest absolute Gasteiger partial charge is 0.312 e. The standard InChI is InChI=1S/C17H17N3O2/c1-12-6-5-9-18-16(12)19-17(22)13-10-15(21)20(11-13)14-7-3-2-4-8-14/h2-9,13H,10-11H2,1H3,(H,18,19,22). The van der Waals surface area contributed by atoms with Gasteiger partial charge in [-0.05, 0) is 30.7 Å². The Morgan fingerprint density at radius 2 is 2.00 bits per heavy atom. The molecule has 5 heteroatoms. The zero-order valence-corrected chi connectivity index (χ0v) is 12.3. The van der Waals surface area contributed by atoms with Gasteiger partial charge in [0.1, 0.15) is 5.82 Å². The molecule has 3 rings (SSSR count). The minimum absolute atomic E-state index is 0.0240. The number of anilines is 2. The molecule has 5 nitrogen and oxygen atoms in total. The van der Waals surface area contributed by atoms with Gasteiger partial charge in [0.25, 0.3) is 0 Å². The van der Waals surface area contributed by atoms with E-state index in [9.17, 15) is 9.59 Å². The van der Waals surface area contributed by atoms with E-state index in [-0.39, 0.29) is 24.2 Å². The van der Waals surface area contributed by atoms with E-state index in [0.29, 0.717) is 12.4 Å². The minimum Gasteiger partial charge on any atom is -0.312 e. The smallest absolute Gasteiger partial charge is 0.230 e. The van der Waals surface area contributed by atoms with Crippen molar-refractivity contribution in [1.82, 2.24) is 4.98 Å². The number of carbonyl (C=O) groups excluding carboxylic acids is 2. The van der Waals surface area contributed by atoms with Crippen molar-refractivity contribution in [3.63, 3.8) is 0 Å². The number of nitrogens with zero attached hydrogens (tertiary/aromatic N) is 2. The third-order valence-electron chi connectivity index (χ3n) is 3.81. The van der Waals surface area contributed by atoms with Crippen LogP contribution in [0.5, 0.6) is 0 Å². The fourth-order valence-corrected chi connectivity index (χ4v) is 2.58. The molecule has 1 aromatic carbocycles. The first kappa shape index (κ1) is 14.3. The van der Waals surface area contributed by atoms with Crippen LogP contribution < -0.4 is 10.2 Å². The summed E-state index contributed by atoms with van der Waals surface area (Å²) in [6.45, 7) is 2.29. The molecule has 112 valence electrons. The number of hydrogen-bond acceptors (Lipinski definition) is 3. The van der Waals surface area contributed by atoms with Crippen LogP contribution >= 0.6 is 0 Å². The number of nitrogens with one attached hydrogen (secondary N) is 1. The van der Waals surface area contributed by atoms with E-state index in [1.54, 1.807) is 11.1 Å². The number of aromatic nitrogens is 1. The summed E-state index contributed by atoms with van der Waals surface area (Å²) in [5.74, 6) is 0.0184. The fourth-order valence-electron chi connectivity index (χ4n) is 2.58. The molecule has 1 unspecified atom stereocenters. The Balaban J connectivity index is 1.71. The highest BCUT2D eigenvalue weighted by Crippen LogP contribution is 2.25. The van der Waals surface area contributed by atoms with Gasteiger partial charge in [-0.15, -0.1) is 0 Å². The van der Waals surface area contributed by atoms with E-state index >= 15 is 0 Å². The first-order valence-corrected chi connectivity index (χ1v) is 7.23. The van der Waals surface area contributed by atoms with E-state index in [4.69, 9.17) is 0 Å². The number of pyridine rings is 1. The van der Waals surface area contributed by atoms with E-state index in [2.05, 4.69) is 10.3 Å². The lowest BCUT2D eigenvalue weighted by Crippen LogP contribution is -2.28. The summed E-state index contributed by atoms with van der Waals surface area (Å²) in [7, 11) is 0. The van der Waals surface area contributed by atoms with Crippen molar-refractivity contribution in [3.05, 3.63) is 54.2 Å².